The zero-order chi connectivity index (χ0) is 45.1. The van der Waals surface area contributed by atoms with Gasteiger partial charge in [-0.05, 0) is 84.9 Å². The van der Waals surface area contributed by atoms with E-state index in [1.807, 2.05) is 42.5 Å². The number of pyridine rings is 4. The van der Waals surface area contributed by atoms with Crippen molar-refractivity contribution < 1.29 is 62.4 Å². The molecule has 14 nitrogen and oxygen atoms in total. The predicted molar refractivity (Wildman–Crippen MR) is 228 cm³/mol. The van der Waals surface area contributed by atoms with Gasteiger partial charge in [0.15, 0.2) is 0 Å². The van der Waals surface area contributed by atoms with E-state index in [-0.39, 0.29) is 64.6 Å². The maximum absolute atomic E-state index is 12.8. The molecule has 0 aliphatic carbocycles. The number of thiophene rings is 1. The Balaban J connectivity index is 0.000000228. The Hall–Kier alpha value is -7.72. The fourth-order valence-electron chi connectivity index (χ4n) is 5.77. The fraction of sp³-hybridized carbons (Fsp3) is 0.0227. The molecule has 0 saturated carbocycles. The van der Waals surface area contributed by atoms with Crippen LogP contribution in [0, 0.1) is 10.7 Å². The largest absolute Gasteiger partial charge is 2.00 e. The van der Waals surface area contributed by atoms with Crippen LogP contribution in [0.15, 0.2) is 145 Å². The zero-order valence-corrected chi connectivity index (χ0v) is 35.7. The smallest absolute Gasteiger partial charge is 0.696 e. The first-order chi connectivity index (χ1) is 30.2. The Bertz CT molecular complexity index is 2820. The second kappa shape index (κ2) is 21.4. The van der Waals surface area contributed by atoms with Crippen LogP contribution in [-0.4, -0.2) is 58.3 Å². The Morgan fingerprint density at radius 3 is 1.59 bits per heavy atom. The van der Waals surface area contributed by atoms with Crippen LogP contribution in [0.5, 0.6) is 0 Å². The number of para-hydroxylation sites is 2. The number of halogens is 3. The van der Waals surface area contributed by atoms with Crippen LogP contribution in [0.3, 0.4) is 0 Å². The van der Waals surface area contributed by atoms with E-state index >= 15 is 0 Å². The van der Waals surface area contributed by atoms with Crippen LogP contribution in [0.4, 0.5) is 30.2 Å². The number of hydrogen-bond donors (Lipinski definition) is 3. The summed E-state index contributed by atoms with van der Waals surface area (Å²) in [6.07, 6.45) is -0.335. The molecular formula is C44H27F3N8O6RuS2. The van der Waals surface area contributed by atoms with Crippen molar-refractivity contribution in [1.29, 1.82) is 5.26 Å². The summed E-state index contributed by atoms with van der Waals surface area (Å²) in [6.45, 7) is 0. The number of hydrogen-bond acceptors (Lipinski definition) is 12. The third-order valence-electron chi connectivity index (χ3n) is 8.62. The molecule has 2 aromatic carbocycles. The summed E-state index contributed by atoms with van der Waals surface area (Å²) in [5.74, 6) is -3.56. The first-order valence-electron chi connectivity index (χ1n) is 17.9. The van der Waals surface area contributed by atoms with Crippen molar-refractivity contribution in [1.82, 2.24) is 30.1 Å². The van der Waals surface area contributed by atoms with Gasteiger partial charge >= 0.3 is 43.6 Å². The normalized spacial score (nSPS) is 10.4. The number of carboxylic acid groups (broad SMARTS) is 3. The SMILES string of the molecule is FC(F)(F)c1cc(-c2ccc(-c3cc(N(c4ccccc4)c4ccccc4)cs3)cn2)[n-]n1.N#C[S-].O=C(O)c1ccnc(-c2cc(C(=O)O)cc(-c3cc(C(=O)O)ccn3)n2)c1.[Ru+2]. The van der Waals surface area contributed by atoms with Crippen molar-refractivity contribution in [3.63, 3.8) is 0 Å². The number of nitrogens with zero attached hydrogens (tertiary/aromatic N) is 8. The number of nitriles is 1. The summed E-state index contributed by atoms with van der Waals surface area (Å²) in [5.41, 5.74) is 3.74. The molecular weight excluding hydrogens is 959 g/mol. The third kappa shape index (κ3) is 11.8. The number of rotatable bonds is 10. The molecule has 0 unspecified atom stereocenters. The summed E-state index contributed by atoms with van der Waals surface area (Å²) in [6, 6.07) is 34.3. The van der Waals surface area contributed by atoms with E-state index in [4.69, 9.17) is 15.5 Å². The van der Waals surface area contributed by atoms with Crippen molar-refractivity contribution in [3.8, 4) is 50.0 Å². The average molecular weight is 986 g/mol. The molecule has 6 aromatic heterocycles. The van der Waals surface area contributed by atoms with Crippen molar-refractivity contribution in [3.05, 3.63) is 168 Å². The molecule has 6 heterocycles. The van der Waals surface area contributed by atoms with E-state index < -0.39 is 29.8 Å². The monoisotopic (exact) mass is 986 g/mol. The number of anilines is 3. The van der Waals surface area contributed by atoms with Crippen LogP contribution < -0.4 is 10.00 Å². The van der Waals surface area contributed by atoms with Crippen LogP contribution >= 0.6 is 11.3 Å². The molecule has 8 rings (SSSR count). The molecule has 320 valence electrons. The standard InChI is InChI=1S/C25H16F3N4S.C18H11N3O6.CHNS.Ru/c26-25(27,28)24-14-22(30-31-24)21-12-11-17(15-29-21)23-13-20(16-33-23)32(18-7-3-1-4-8-18)19-9-5-2-6-10-19;22-16(23)9-1-3-19-12(5-9)14-7-11(18(26)27)8-15(21-14)13-6-10(17(24)25)2-4-20-13;2-1-3;/h1-16H;1-8H,(H,22,23)(H,24,25)(H,26,27);3H;/q-1;;;+2/p-1. The minimum atomic E-state index is -4.53. The average Bonchev–Trinajstić information content (AvgIpc) is 4.00. The topological polar surface area (TPSA) is 217 Å². The van der Waals surface area contributed by atoms with E-state index in [1.165, 1.54) is 54.2 Å². The van der Waals surface area contributed by atoms with Gasteiger partial charge in [-0.3, -0.25) is 15.0 Å². The zero-order valence-electron chi connectivity index (χ0n) is 32.3. The van der Waals surface area contributed by atoms with Gasteiger partial charge in [0.1, 0.15) is 5.69 Å². The summed E-state index contributed by atoms with van der Waals surface area (Å²) in [5, 5.41) is 44.9. The molecule has 3 N–H and O–H groups in total. The molecule has 0 fully saturated rings. The maximum Gasteiger partial charge on any atom is 2.00 e. The second-order valence-electron chi connectivity index (χ2n) is 12.7. The third-order valence-corrected chi connectivity index (χ3v) is 9.59. The van der Waals surface area contributed by atoms with Crippen LogP contribution in [0.2, 0.25) is 0 Å². The Labute approximate surface area is 383 Å². The molecule has 0 spiro atoms. The summed E-state index contributed by atoms with van der Waals surface area (Å²) >= 11 is 5.27. The molecule has 0 aliphatic heterocycles. The van der Waals surface area contributed by atoms with Gasteiger partial charge in [0.25, 0.3) is 0 Å². The summed E-state index contributed by atoms with van der Waals surface area (Å²) in [4.78, 5) is 53.6. The number of thiocyanates is 1. The van der Waals surface area contributed by atoms with Gasteiger partial charge in [-0.1, -0.05) is 47.5 Å². The van der Waals surface area contributed by atoms with Crippen molar-refractivity contribution in [2.24, 2.45) is 0 Å². The Morgan fingerprint density at radius 1 is 0.656 bits per heavy atom. The number of alkyl halides is 3. The number of benzene rings is 2. The Morgan fingerprint density at radius 2 is 1.16 bits per heavy atom. The van der Waals surface area contributed by atoms with E-state index in [2.05, 4.69) is 83.4 Å². The predicted octanol–water partition coefficient (Wildman–Crippen LogP) is 9.63. The van der Waals surface area contributed by atoms with E-state index in [9.17, 15) is 32.7 Å². The van der Waals surface area contributed by atoms with Crippen molar-refractivity contribution >= 4 is 58.9 Å². The maximum atomic E-state index is 12.8. The van der Waals surface area contributed by atoms with Crippen LogP contribution in [0.1, 0.15) is 36.8 Å². The molecule has 64 heavy (non-hydrogen) atoms. The number of carboxylic acids is 3. The number of aromatic carboxylic acids is 3. The molecule has 8 aromatic rings. The van der Waals surface area contributed by atoms with Gasteiger partial charge in [-0.15, -0.1) is 11.3 Å². The quantitative estimate of drug-likeness (QED) is 0.0660. The summed E-state index contributed by atoms with van der Waals surface area (Å²) in [7, 11) is 0. The van der Waals surface area contributed by atoms with Gasteiger partial charge in [-0.2, -0.15) is 13.2 Å². The molecule has 0 saturated heterocycles. The van der Waals surface area contributed by atoms with Gasteiger partial charge in [0, 0.05) is 51.5 Å². The fourth-order valence-corrected chi connectivity index (χ4v) is 6.64. The number of carbonyl (C=O) groups is 3. The molecule has 0 aliphatic rings. The Kier molecular flexibility index (Phi) is 15.8. The minimum Gasteiger partial charge on any atom is -0.696 e. The summed E-state index contributed by atoms with van der Waals surface area (Å²) < 4.78 is 38.4. The minimum absolute atomic E-state index is 0. The molecule has 20 heteroatoms. The molecule has 0 bridgehead atoms. The van der Waals surface area contributed by atoms with Crippen molar-refractivity contribution in [2.75, 3.05) is 4.90 Å². The van der Waals surface area contributed by atoms with Gasteiger partial charge in [-0.25, -0.2) is 24.6 Å². The van der Waals surface area contributed by atoms with Gasteiger partial charge in [0.2, 0.25) is 0 Å². The van der Waals surface area contributed by atoms with Gasteiger partial charge in [0.05, 0.1) is 45.2 Å². The van der Waals surface area contributed by atoms with Gasteiger partial charge < -0.3 is 43.0 Å². The van der Waals surface area contributed by atoms with E-state index in [0.717, 1.165) is 33.6 Å². The van der Waals surface area contributed by atoms with E-state index in [1.54, 1.807) is 23.6 Å². The first-order valence-corrected chi connectivity index (χ1v) is 19.2. The second-order valence-corrected chi connectivity index (χ2v) is 13.8. The molecule has 0 amide bonds. The first kappa shape index (κ1) is 47.3. The number of aromatic nitrogens is 6. The van der Waals surface area contributed by atoms with E-state index in [0.29, 0.717) is 5.69 Å². The van der Waals surface area contributed by atoms with Crippen molar-refractivity contribution in [2.45, 2.75) is 6.18 Å². The molecule has 0 atom stereocenters. The van der Waals surface area contributed by atoms with Crippen LogP contribution in [-0.2, 0) is 38.3 Å². The van der Waals surface area contributed by atoms with Crippen LogP contribution in [0.25, 0.3) is 44.6 Å². The molecule has 0 radical (unpaired) electrons.